The average Bonchev–Trinajstić information content (AvgIpc) is 3.00. The summed E-state index contributed by atoms with van der Waals surface area (Å²) >= 11 is 1.25. The second-order valence-corrected chi connectivity index (χ2v) is 5.62. The van der Waals surface area contributed by atoms with Gasteiger partial charge in [-0.15, -0.1) is 24.5 Å². The van der Waals surface area contributed by atoms with Crippen molar-refractivity contribution in [1.29, 1.82) is 0 Å². The molecule has 128 valence electrons. The van der Waals surface area contributed by atoms with E-state index in [0.29, 0.717) is 29.0 Å². The molecule has 0 radical (unpaired) electrons. The van der Waals surface area contributed by atoms with Crippen molar-refractivity contribution in [3.05, 3.63) is 28.8 Å². The number of thiazole rings is 1. The molecule has 1 aromatic heterocycles. The van der Waals surface area contributed by atoms with Crippen LogP contribution in [-0.4, -0.2) is 29.1 Å². The molecule has 2 aromatic rings. The third-order valence-electron chi connectivity index (χ3n) is 3.13. The van der Waals surface area contributed by atoms with Crippen molar-refractivity contribution in [3.8, 4) is 16.3 Å². The predicted octanol–water partition coefficient (Wildman–Crippen LogP) is 4.69. The number of benzene rings is 1. The normalized spacial score (nSPS) is 11.3. The first-order valence-electron chi connectivity index (χ1n) is 6.84. The molecule has 2 rings (SSSR count). The molecular formula is C15H13F3N2O3S. The molecule has 1 heterocycles. The van der Waals surface area contributed by atoms with Crippen LogP contribution in [0.25, 0.3) is 10.6 Å². The molecule has 0 unspecified atom stereocenters. The van der Waals surface area contributed by atoms with Gasteiger partial charge in [-0.2, -0.15) is 0 Å². The molecule has 0 fully saturated rings. The Morgan fingerprint density at radius 1 is 1.50 bits per heavy atom. The van der Waals surface area contributed by atoms with Crippen molar-refractivity contribution in [1.82, 2.24) is 4.98 Å². The molecule has 0 aliphatic rings. The second-order valence-electron chi connectivity index (χ2n) is 4.73. The molecular weight excluding hydrogens is 345 g/mol. The summed E-state index contributed by atoms with van der Waals surface area (Å²) in [4.78, 5) is 19.2. The summed E-state index contributed by atoms with van der Waals surface area (Å²) in [5, 5.41) is 11.5. The molecule has 0 bridgehead atoms. The van der Waals surface area contributed by atoms with Crippen molar-refractivity contribution in [2.75, 3.05) is 0 Å². The highest BCUT2D eigenvalue weighted by atomic mass is 32.1. The van der Waals surface area contributed by atoms with Gasteiger partial charge in [-0.25, -0.2) is 9.78 Å². The number of hydrogen-bond acceptors (Lipinski definition) is 5. The molecule has 24 heavy (non-hydrogen) atoms. The minimum atomic E-state index is -5.05. The lowest BCUT2D eigenvalue weighted by Crippen LogP contribution is -2.19. The molecule has 9 heteroatoms. The number of carbonyl (C=O) groups is 1. The van der Waals surface area contributed by atoms with Gasteiger partial charge in [0.25, 0.3) is 0 Å². The van der Waals surface area contributed by atoms with Crippen molar-refractivity contribution in [3.63, 3.8) is 0 Å². The van der Waals surface area contributed by atoms with Crippen LogP contribution in [0.2, 0.25) is 0 Å². The van der Waals surface area contributed by atoms with Crippen molar-refractivity contribution >= 4 is 29.7 Å². The zero-order valence-electron chi connectivity index (χ0n) is 12.6. The highest BCUT2D eigenvalue weighted by Crippen LogP contribution is 2.44. The highest BCUT2D eigenvalue weighted by Gasteiger charge is 2.36. The van der Waals surface area contributed by atoms with Gasteiger partial charge < -0.3 is 9.84 Å². The summed E-state index contributed by atoms with van der Waals surface area (Å²) < 4.78 is 42.1. The lowest BCUT2D eigenvalue weighted by atomic mass is 9.97. The van der Waals surface area contributed by atoms with Gasteiger partial charge >= 0.3 is 12.3 Å². The predicted molar refractivity (Wildman–Crippen MR) is 84.4 cm³/mol. The molecule has 1 N–H and O–H groups in total. The van der Waals surface area contributed by atoms with E-state index in [2.05, 4.69) is 21.4 Å². The van der Waals surface area contributed by atoms with E-state index < -0.39 is 23.6 Å². The number of aromatic carboxylic acids is 1. The Labute approximate surface area is 139 Å². The summed E-state index contributed by atoms with van der Waals surface area (Å²) in [7, 11) is 0. The summed E-state index contributed by atoms with van der Waals surface area (Å²) in [5.41, 5.74) is -0.0214. The van der Waals surface area contributed by atoms with E-state index in [4.69, 9.17) is 0 Å². The van der Waals surface area contributed by atoms with Crippen molar-refractivity contribution < 1.29 is 27.8 Å². The maximum atomic E-state index is 12.7. The van der Waals surface area contributed by atoms with Crippen LogP contribution < -0.4 is 4.74 Å². The van der Waals surface area contributed by atoms with Crippen LogP contribution in [0.1, 0.15) is 29.3 Å². The molecule has 0 saturated carbocycles. The van der Waals surface area contributed by atoms with Crippen LogP contribution in [0.4, 0.5) is 18.9 Å². The summed E-state index contributed by atoms with van der Waals surface area (Å²) in [6.07, 6.45) is -2.54. The average molecular weight is 358 g/mol. The Morgan fingerprint density at radius 2 is 2.21 bits per heavy atom. The van der Waals surface area contributed by atoms with Crippen LogP contribution in [0.5, 0.6) is 5.75 Å². The second kappa shape index (κ2) is 7.00. The fourth-order valence-corrected chi connectivity index (χ4v) is 2.97. The van der Waals surface area contributed by atoms with E-state index in [9.17, 15) is 23.1 Å². The van der Waals surface area contributed by atoms with Gasteiger partial charge in [0.15, 0.2) is 5.75 Å². The summed E-state index contributed by atoms with van der Waals surface area (Å²) in [5.74, 6) is -2.41. The molecule has 5 nitrogen and oxygen atoms in total. The Morgan fingerprint density at radius 3 is 2.67 bits per heavy atom. The van der Waals surface area contributed by atoms with E-state index >= 15 is 0 Å². The van der Waals surface area contributed by atoms with E-state index in [0.717, 1.165) is 6.07 Å². The van der Waals surface area contributed by atoms with Gasteiger partial charge in [-0.05, 0) is 24.8 Å². The number of nitrogens with zero attached hydrogens (tertiary/aromatic N) is 2. The van der Waals surface area contributed by atoms with Crippen LogP contribution >= 0.6 is 11.3 Å². The third kappa shape index (κ3) is 3.73. The first-order chi connectivity index (χ1) is 11.3. The molecule has 0 aliphatic carbocycles. The van der Waals surface area contributed by atoms with Crippen LogP contribution in [0, 0.1) is 0 Å². The zero-order valence-corrected chi connectivity index (χ0v) is 13.4. The van der Waals surface area contributed by atoms with Gasteiger partial charge in [0.1, 0.15) is 16.3 Å². The zero-order chi connectivity index (χ0) is 17.9. The Hall–Kier alpha value is -2.42. The largest absolute Gasteiger partial charge is 0.573 e. The van der Waals surface area contributed by atoms with Crippen LogP contribution in [0.3, 0.4) is 0 Å². The number of halogens is 3. The SMILES string of the molecule is C=Nc1c(CCC)c(-c2nccs2)cc(C(=O)O)c1OC(F)(F)F. The number of ether oxygens (including phenoxy) is 1. The summed E-state index contributed by atoms with van der Waals surface area (Å²) in [6.45, 7) is 5.12. The minimum absolute atomic E-state index is 0.223. The van der Waals surface area contributed by atoms with Crippen molar-refractivity contribution in [2.24, 2.45) is 4.99 Å². The highest BCUT2D eigenvalue weighted by molar-refractivity contribution is 7.13. The number of hydrogen-bond donors (Lipinski definition) is 1. The summed E-state index contributed by atoms with van der Waals surface area (Å²) in [6, 6.07) is 1.14. The first-order valence-corrected chi connectivity index (χ1v) is 7.72. The van der Waals surface area contributed by atoms with Gasteiger partial charge in [0.2, 0.25) is 0 Å². The molecule has 0 atom stereocenters. The number of carboxylic acids is 1. The maximum absolute atomic E-state index is 12.7. The molecule has 0 amide bonds. The molecule has 1 aromatic carbocycles. The Kier molecular flexibility index (Phi) is 5.23. The number of carboxylic acid groups (broad SMARTS) is 1. The van der Waals surface area contributed by atoms with Gasteiger partial charge in [0, 0.05) is 17.1 Å². The van der Waals surface area contributed by atoms with Gasteiger partial charge in [0.05, 0.1) is 0 Å². The lowest BCUT2D eigenvalue weighted by Gasteiger charge is -2.18. The van der Waals surface area contributed by atoms with E-state index in [1.165, 1.54) is 17.5 Å². The lowest BCUT2D eigenvalue weighted by molar-refractivity contribution is -0.274. The van der Waals surface area contributed by atoms with Crippen molar-refractivity contribution in [2.45, 2.75) is 26.1 Å². The Bertz CT molecular complexity index is 758. The minimum Gasteiger partial charge on any atom is -0.478 e. The molecule has 0 spiro atoms. The number of aliphatic imine (C=N–C) groups is 1. The Balaban J connectivity index is 2.82. The number of alkyl halides is 3. The quantitative estimate of drug-likeness (QED) is 0.760. The fraction of sp³-hybridized carbons (Fsp3) is 0.267. The molecule has 0 saturated heterocycles. The van der Waals surface area contributed by atoms with Gasteiger partial charge in [-0.3, -0.25) is 4.99 Å². The molecule has 0 aliphatic heterocycles. The number of rotatable bonds is 6. The third-order valence-corrected chi connectivity index (χ3v) is 3.93. The van der Waals surface area contributed by atoms with Gasteiger partial charge in [-0.1, -0.05) is 13.3 Å². The standard InChI is InChI=1S/C15H13F3N2O3S/c1-3-4-8-9(13-20-5-6-24-13)7-10(14(21)22)12(11(8)19-2)23-15(16,17)18/h5-7H,2-4H2,1H3,(H,21,22). The van der Waals surface area contributed by atoms with Crippen LogP contribution in [-0.2, 0) is 6.42 Å². The smallest absolute Gasteiger partial charge is 0.478 e. The van der Waals surface area contributed by atoms with E-state index in [1.54, 1.807) is 5.38 Å². The van der Waals surface area contributed by atoms with Crippen LogP contribution in [0.15, 0.2) is 22.6 Å². The first kappa shape index (κ1) is 17.9. The monoisotopic (exact) mass is 358 g/mol. The maximum Gasteiger partial charge on any atom is 0.573 e. The van der Waals surface area contributed by atoms with E-state index in [1.807, 2.05) is 6.92 Å². The fourth-order valence-electron chi connectivity index (χ4n) is 2.28. The van der Waals surface area contributed by atoms with E-state index in [-0.39, 0.29) is 5.69 Å². The topological polar surface area (TPSA) is 71.8 Å². The number of aromatic nitrogens is 1.